The number of rotatable bonds is 2. The molecule has 1 aliphatic rings. The van der Waals surface area contributed by atoms with Crippen LogP contribution in [0.1, 0.15) is 37.4 Å². The zero-order valence-corrected chi connectivity index (χ0v) is 10.1. The van der Waals surface area contributed by atoms with Crippen molar-refractivity contribution in [2.45, 2.75) is 26.3 Å². The molecule has 0 spiro atoms. The molecule has 17 heavy (non-hydrogen) atoms. The first kappa shape index (κ1) is 11.6. The maximum absolute atomic E-state index is 11.8. The Morgan fingerprint density at radius 3 is 2.88 bits per heavy atom. The number of carbonyl (C=O) groups is 1. The lowest BCUT2D eigenvalue weighted by Crippen LogP contribution is -2.33. The number of amides is 1. The predicted octanol–water partition coefficient (Wildman–Crippen LogP) is 2.94. The molecule has 1 aliphatic heterocycles. The summed E-state index contributed by atoms with van der Waals surface area (Å²) in [5.41, 5.74) is 2.19. The molecule has 1 amide bonds. The van der Waals surface area contributed by atoms with Crippen molar-refractivity contribution in [2.24, 2.45) is 5.10 Å². The standard InChI is InChI=1S/C13H16N2O2/c1-3-12-11-8-6-5-7-10(11)9-14-15(12)13(16)17-4-2/h5-9,12H,3-4H2,1-2H3. The van der Waals surface area contributed by atoms with Gasteiger partial charge in [-0.15, -0.1) is 0 Å². The summed E-state index contributed by atoms with van der Waals surface area (Å²) in [5.74, 6) is 0. The number of fused-ring (bicyclic) bond motifs is 1. The molecule has 0 aromatic heterocycles. The van der Waals surface area contributed by atoms with E-state index in [1.54, 1.807) is 13.1 Å². The van der Waals surface area contributed by atoms with E-state index >= 15 is 0 Å². The minimum absolute atomic E-state index is 0.0322. The molecule has 1 atom stereocenters. The molecule has 1 unspecified atom stereocenters. The van der Waals surface area contributed by atoms with E-state index in [9.17, 15) is 4.79 Å². The Kier molecular flexibility index (Phi) is 3.42. The summed E-state index contributed by atoms with van der Waals surface area (Å²) in [6.07, 6.45) is 2.14. The van der Waals surface area contributed by atoms with Crippen LogP contribution in [0.3, 0.4) is 0 Å². The SMILES string of the molecule is CCOC(=O)N1N=Cc2ccccc2C1CC. The van der Waals surface area contributed by atoms with Gasteiger partial charge in [-0.25, -0.2) is 4.79 Å². The van der Waals surface area contributed by atoms with Crippen molar-refractivity contribution < 1.29 is 9.53 Å². The highest BCUT2D eigenvalue weighted by molar-refractivity contribution is 5.85. The molecular formula is C13H16N2O2. The van der Waals surface area contributed by atoms with Gasteiger partial charge < -0.3 is 4.74 Å². The second-order valence-electron chi connectivity index (χ2n) is 3.84. The van der Waals surface area contributed by atoms with Crippen LogP contribution in [0.4, 0.5) is 4.79 Å². The molecule has 1 heterocycles. The number of benzene rings is 1. The van der Waals surface area contributed by atoms with Crippen molar-refractivity contribution in [3.8, 4) is 0 Å². The Labute approximate surface area is 101 Å². The number of carbonyl (C=O) groups excluding carboxylic acids is 1. The number of hydrogen-bond acceptors (Lipinski definition) is 3. The molecule has 4 nitrogen and oxygen atoms in total. The van der Waals surface area contributed by atoms with Crippen LogP contribution in [0.15, 0.2) is 29.4 Å². The molecule has 0 aliphatic carbocycles. The third-order valence-corrected chi connectivity index (χ3v) is 2.81. The summed E-state index contributed by atoms with van der Waals surface area (Å²) in [4.78, 5) is 11.8. The normalized spacial score (nSPS) is 17.8. The molecule has 2 rings (SSSR count). The van der Waals surface area contributed by atoms with E-state index < -0.39 is 0 Å². The van der Waals surface area contributed by atoms with E-state index in [0.29, 0.717) is 6.61 Å². The second kappa shape index (κ2) is 4.99. The minimum Gasteiger partial charge on any atom is -0.448 e. The van der Waals surface area contributed by atoms with Crippen molar-refractivity contribution in [3.05, 3.63) is 35.4 Å². The van der Waals surface area contributed by atoms with Crippen LogP contribution >= 0.6 is 0 Å². The third-order valence-electron chi connectivity index (χ3n) is 2.81. The highest BCUT2D eigenvalue weighted by atomic mass is 16.6. The smallest absolute Gasteiger partial charge is 0.430 e. The molecule has 0 bridgehead atoms. The van der Waals surface area contributed by atoms with Crippen LogP contribution < -0.4 is 0 Å². The molecule has 0 saturated heterocycles. The van der Waals surface area contributed by atoms with E-state index in [1.165, 1.54) is 5.01 Å². The lowest BCUT2D eigenvalue weighted by Gasteiger charge is -2.30. The number of hydrazone groups is 1. The third kappa shape index (κ3) is 2.16. The molecule has 0 saturated carbocycles. The van der Waals surface area contributed by atoms with Gasteiger partial charge in [0.2, 0.25) is 0 Å². The first-order valence-corrected chi connectivity index (χ1v) is 5.86. The van der Waals surface area contributed by atoms with Gasteiger partial charge in [0, 0.05) is 0 Å². The molecule has 90 valence electrons. The van der Waals surface area contributed by atoms with Gasteiger partial charge in [-0.05, 0) is 24.5 Å². The topological polar surface area (TPSA) is 41.9 Å². The second-order valence-corrected chi connectivity index (χ2v) is 3.84. The first-order chi connectivity index (χ1) is 8.27. The fourth-order valence-electron chi connectivity index (χ4n) is 2.03. The van der Waals surface area contributed by atoms with Gasteiger partial charge in [-0.3, -0.25) is 0 Å². The maximum atomic E-state index is 11.8. The summed E-state index contributed by atoms with van der Waals surface area (Å²) < 4.78 is 5.00. The van der Waals surface area contributed by atoms with Crippen molar-refractivity contribution in [2.75, 3.05) is 6.61 Å². The predicted molar refractivity (Wildman–Crippen MR) is 65.9 cm³/mol. The fraction of sp³-hybridized carbons (Fsp3) is 0.385. The number of nitrogens with zero attached hydrogens (tertiary/aromatic N) is 2. The molecule has 4 heteroatoms. The van der Waals surface area contributed by atoms with Crippen molar-refractivity contribution >= 4 is 12.3 Å². The lowest BCUT2D eigenvalue weighted by atomic mass is 9.97. The lowest BCUT2D eigenvalue weighted by molar-refractivity contribution is 0.0895. The summed E-state index contributed by atoms with van der Waals surface area (Å²) in [5, 5.41) is 5.60. The van der Waals surface area contributed by atoms with E-state index in [4.69, 9.17) is 4.74 Å². The van der Waals surface area contributed by atoms with Gasteiger partial charge >= 0.3 is 6.09 Å². The average Bonchev–Trinajstić information content (AvgIpc) is 2.37. The minimum atomic E-state index is -0.384. The monoisotopic (exact) mass is 232 g/mol. The van der Waals surface area contributed by atoms with Gasteiger partial charge in [-0.1, -0.05) is 31.2 Å². The Hall–Kier alpha value is -1.84. The number of hydrogen-bond donors (Lipinski definition) is 0. The van der Waals surface area contributed by atoms with Crippen LogP contribution in [-0.4, -0.2) is 23.9 Å². The highest BCUT2D eigenvalue weighted by Crippen LogP contribution is 2.30. The van der Waals surface area contributed by atoms with E-state index in [1.807, 2.05) is 31.2 Å². The zero-order valence-electron chi connectivity index (χ0n) is 10.1. The summed E-state index contributed by atoms with van der Waals surface area (Å²) in [6.45, 7) is 4.19. The van der Waals surface area contributed by atoms with Crippen molar-refractivity contribution in [1.29, 1.82) is 0 Å². The zero-order chi connectivity index (χ0) is 12.3. The highest BCUT2D eigenvalue weighted by Gasteiger charge is 2.28. The molecule has 1 aromatic carbocycles. The summed E-state index contributed by atoms with van der Waals surface area (Å²) in [6, 6.07) is 7.95. The number of ether oxygens (including phenoxy) is 1. The molecular weight excluding hydrogens is 216 g/mol. The van der Waals surface area contributed by atoms with Crippen LogP contribution in [0.5, 0.6) is 0 Å². The van der Waals surface area contributed by atoms with E-state index in [-0.39, 0.29) is 12.1 Å². The Morgan fingerprint density at radius 2 is 2.18 bits per heavy atom. The Morgan fingerprint density at radius 1 is 1.41 bits per heavy atom. The molecule has 1 aromatic rings. The van der Waals surface area contributed by atoms with Crippen LogP contribution in [0.25, 0.3) is 0 Å². The quantitative estimate of drug-likeness (QED) is 0.786. The van der Waals surface area contributed by atoms with Gasteiger partial charge in [0.1, 0.15) is 0 Å². The molecule has 0 radical (unpaired) electrons. The summed E-state index contributed by atoms with van der Waals surface area (Å²) in [7, 11) is 0. The van der Waals surface area contributed by atoms with Crippen LogP contribution in [0, 0.1) is 0 Å². The van der Waals surface area contributed by atoms with Gasteiger partial charge in [0.05, 0.1) is 18.9 Å². The van der Waals surface area contributed by atoms with Gasteiger partial charge in [0.15, 0.2) is 0 Å². The first-order valence-electron chi connectivity index (χ1n) is 5.86. The van der Waals surface area contributed by atoms with Crippen molar-refractivity contribution in [1.82, 2.24) is 5.01 Å². The van der Waals surface area contributed by atoms with Crippen LogP contribution in [-0.2, 0) is 4.74 Å². The molecule has 0 fully saturated rings. The summed E-state index contributed by atoms with van der Waals surface area (Å²) >= 11 is 0. The average molecular weight is 232 g/mol. The largest absolute Gasteiger partial charge is 0.448 e. The maximum Gasteiger partial charge on any atom is 0.430 e. The van der Waals surface area contributed by atoms with E-state index in [2.05, 4.69) is 5.10 Å². The van der Waals surface area contributed by atoms with E-state index in [0.717, 1.165) is 17.5 Å². The fourth-order valence-corrected chi connectivity index (χ4v) is 2.03. The van der Waals surface area contributed by atoms with Crippen molar-refractivity contribution in [3.63, 3.8) is 0 Å². The van der Waals surface area contributed by atoms with Crippen LogP contribution in [0.2, 0.25) is 0 Å². The van der Waals surface area contributed by atoms with Gasteiger partial charge in [-0.2, -0.15) is 10.1 Å². The molecule has 0 N–H and O–H groups in total. The van der Waals surface area contributed by atoms with Gasteiger partial charge in [0.25, 0.3) is 0 Å². The Bertz CT molecular complexity index is 443. The Balaban J connectivity index is 2.32.